The predicted molar refractivity (Wildman–Crippen MR) is 61.2 cm³/mol. The zero-order chi connectivity index (χ0) is 12.6. The summed E-state index contributed by atoms with van der Waals surface area (Å²) in [6.07, 6.45) is -0.127. The van der Waals surface area contributed by atoms with Crippen LogP contribution in [0.15, 0.2) is 6.07 Å². The Morgan fingerprint density at radius 1 is 1.47 bits per heavy atom. The number of rotatable bonds is 3. The SMILES string of the molecule is Cc1cc(C(N)CC(=O)O)c2c(c1C)OCO2. The van der Waals surface area contributed by atoms with E-state index in [1.54, 1.807) is 0 Å². The van der Waals surface area contributed by atoms with Crippen LogP contribution >= 0.6 is 0 Å². The van der Waals surface area contributed by atoms with Crippen molar-refractivity contribution in [3.05, 3.63) is 22.8 Å². The van der Waals surface area contributed by atoms with Gasteiger partial charge in [-0.1, -0.05) is 6.07 Å². The zero-order valence-electron chi connectivity index (χ0n) is 9.82. The summed E-state index contributed by atoms with van der Waals surface area (Å²) in [5.74, 6) is 0.339. The van der Waals surface area contributed by atoms with Gasteiger partial charge in [-0.15, -0.1) is 0 Å². The van der Waals surface area contributed by atoms with Gasteiger partial charge in [-0.2, -0.15) is 0 Å². The number of nitrogens with two attached hydrogens (primary N) is 1. The lowest BCUT2D eigenvalue weighted by molar-refractivity contribution is -0.137. The molecular formula is C12H15NO4. The maximum atomic E-state index is 10.7. The van der Waals surface area contributed by atoms with Gasteiger partial charge in [0.05, 0.1) is 6.42 Å². The van der Waals surface area contributed by atoms with E-state index in [4.69, 9.17) is 20.3 Å². The van der Waals surface area contributed by atoms with Crippen LogP contribution in [-0.4, -0.2) is 17.9 Å². The van der Waals surface area contributed by atoms with Crippen LogP contribution in [0.1, 0.15) is 29.2 Å². The molecule has 5 nitrogen and oxygen atoms in total. The highest BCUT2D eigenvalue weighted by molar-refractivity contribution is 5.69. The van der Waals surface area contributed by atoms with Crippen molar-refractivity contribution in [3.8, 4) is 11.5 Å². The van der Waals surface area contributed by atoms with Gasteiger partial charge in [0.1, 0.15) is 0 Å². The summed E-state index contributed by atoms with van der Waals surface area (Å²) in [4.78, 5) is 10.7. The highest BCUT2D eigenvalue weighted by Gasteiger charge is 2.25. The van der Waals surface area contributed by atoms with Crippen LogP contribution in [-0.2, 0) is 4.79 Å². The molecule has 92 valence electrons. The summed E-state index contributed by atoms with van der Waals surface area (Å²) >= 11 is 0. The first-order valence-corrected chi connectivity index (χ1v) is 5.37. The van der Waals surface area contributed by atoms with Crippen LogP contribution in [0.25, 0.3) is 0 Å². The highest BCUT2D eigenvalue weighted by Crippen LogP contribution is 2.42. The Morgan fingerprint density at radius 3 is 2.76 bits per heavy atom. The Labute approximate surface area is 99.1 Å². The number of carbonyl (C=O) groups is 1. The molecule has 0 amide bonds. The Morgan fingerprint density at radius 2 is 2.12 bits per heavy atom. The third-order valence-corrected chi connectivity index (χ3v) is 2.97. The van der Waals surface area contributed by atoms with Gasteiger partial charge < -0.3 is 20.3 Å². The van der Waals surface area contributed by atoms with Gasteiger partial charge in [0.25, 0.3) is 0 Å². The average molecular weight is 237 g/mol. The van der Waals surface area contributed by atoms with Gasteiger partial charge in [0, 0.05) is 11.6 Å². The number of aryl methyl sites for hydroxylation is 1. The van der Waals surface area contributed by atoms with E-state index in [-0.39, 0.29) is 13.2 Å². The van der Waals surface area contributed by atoms with Crippen molar-refractivity contribution < 1.29 is 19.4 Å². The van der Waals surface area contributed by atoms with E-state index in [9.17, 15) is 4.79 Å². The lowest BCUT2D eigenvalue weighted by atomic mass is 9.97. The molecule has 1 aromatic rings. The number of fused-ring (bicyclic) bond motifs is 1. The lowest BCUT2D eigenvalue weighted by Gasteiger charge is -2.15. The van der Waals surface area contributed by atoms with Crippen molar-refractivity contribution in [3.63, 3.8) is 0 Å². The third kappa shape index (κ3) is 2.06. The Bertz CT molecular complexity index is 470. The molecule has 0 spiro atoms. The largest absolute Gasteiger partial charge is 0.481 e. The molecule has 1 aliphatic heterocycles. The molecule has 1 atom stereocenters. The molecule has 1 aliphatic rings. The molecule has 0 fully saturated rings. The molecule has 0 saturated heterocycles. The van der Waals surface area contributed by atoms with Crippen molar-refractivity contribution >= 4 is 5.97 Å². The minimum absolute atomic E-state index is 0.127. The maximum absolute atomic E-state index is 10.7. The van der Waals surface area contributed by atoms with Crippen LogP contribution in [0.5, 0.6) is 11.5 Å². The number of ether oxygens (including phenoxy) is 2. The molecular weight excluding hydrogens is 222 g/mol. The quantitative estimate of drug-likeness (QED) is 0.832. The Balaban J connectivity index is 2.44. The first-order chi connectivity index (χ1) is 8.00. The van der Waals surface area contributed by atoms with E-state index in [1.807, 2.05) is 19.9 Å². The fourth-order valence-corrected chi connectivity index (χ4v) is 1.93. The van der Waals surface area contributed by atoms with Crippen LogP contribution in [0, 0.1) is 13.8 Å². The summed E-state index contributed by atoms with van der Waals surface area (Å²) in [7, 11) is 0. The second kappa shape index (κ2) is 4.25. The molecule has 3 N–H and O–H groups in total. The summed E-state index contributed by atoms with van der Waals surface area (Å²) in [5.41, 5.74) is 8.59. The number of aliphatic carboxylic acids is 1. The fourth-order valence-electron chi connectivity index (χ4n) is 1.93. The molecule has 5 heteroatoms. The maximum Gasteiger partial charge on any atom is 0.305 e. The fraction of sp³-hybridized carbons (Fsp3) is 0.417. The van der Waals surface area contributed by atoms with Gasteiger partial charge in [0.2, 0.25) is 6.79 Å². The third-order valence-electron chi connectivity index (χ3n) is 2.97. The molecule has 2 rings (SSSR count). The van der Waals surface area contributed by atoms with Gasteiger partial charge in [-0.25, -0.2) is 0 Å². The molecule has 0 aromatic heterocycles. The smallest absolute Gasteiger partial charge is 0.305 e. The molecule has 0 radical (unpaired) electrons. The summed E-state index contributed by atoms with van der Waals surface area (Å²) in [6.45, 7) is 4.04. The van der Waals surface area contributed by atoms with Crippen LogP contribution in [0.3, 0.4) is 0 Å². The molecule has 17 heavy (non-hydrogen) atoms. The topological polar surface area (TPSA) is 81.8 Å². The molecule has 0 aliphatic carbocycles. The highest BCUT2D eigenvalue weighted by atomic mass is 16.7. The summed E-state index contributed by atoms with van der Waals surface area (Å²) in [6, 6.07) is 1.29. The van der Waals surface area contributed by atoms with E-state index in [1.165, 1.54) is 0 Å². The number of hydrogen-bond donors (Lipinski definition) is 2. The van der Waals surface area contributed by atoms with E-state index < -0.39 is 12.0 Å². The van der Waals surface area contributed by atoms with Gasteiger partial charge in [-0.3, -0.25) is 4.79 Å². The van der Waals surface area contributed by atoms with Gasteiger partial charge in [-0.05, 0) is 25.0 Å². The van der Waals surface area contributed by atoms with Crippen LogP contribution < -0.4 is 15.2 Å². The van der Waals surface area contributed by atoms with Crippen LogP contribution in [0.4, 0.5) is 0 Å². The first-order valence-electron chi connectivity index (χ1n) is 5.37. The average Bonchev–Trinajstić information content (AvgIpc) is 2.71. The standard InChI is InChI=1S/C12H15NO4/c1-6-3-8(9(13)4-10(14)15)12-11(7(6)2)16-5-17-12/h3,9H,4-5,13H2,1-2H3,(H,14,15). The predicted octanol–water partition coefficient (Wildman–Crippen LogP) is 1.51. The minimum Gasteiger partial charge on any atom is -0.481 e. The van der Waals surface area contributed by atoms with Gasteiger partial charge in [0.15, 0.2) is 11.5 Å². The lowest BCUT2D eigenvalue weighted by Crippen LogP contribution is -2.16. The molecule has 1 unspecified atom stereocenters. The number of hydrogen-bond acceptors (Lipinski definition) is 4. The number of carboxylic acids is 1. The van der Waals surface area contributed by atoms with Crippen molar-refractivity contribution in [1.29, 1.82) is 0 Å². The Hall–Kier alpha value is -1.75. The summed E-state index contributed by atoms with van der Waals surface area (Å²) in [5, 5.41) is 8.77. The molecule has 1 aromatic carbocycles. The molecule has 0 saturated carbocycles. The second-order valence-corrected chi connectivity index (χ2v) is 4.18. The van der Waals surface area contributed by atoms with Crippen LogP contribution in [0.2, 0.25) is 0 Å². The monoisotopic (exact) mass is 237 g/mol. The van der Waals surface area contributed by atoms with E-state index in [0.29, 0.717) is 17.1 Å². The van der Waals surface area contributed by atoms with Gasteiger partial charge >= 0.3 is 5.97 Å². The van der Waals surface area contributed by atoms with Crippen molar-refractivity contribution in [2.75, 3.05) is 6.79 Å². The van der Waals surface area contributed by atoms with E-state index in [0.717, 1.165) is 11.1 Å². The van der Waals surface area contributed by atoms with Crippen molar-refractivity contribution in [1.82, 2.24) is 0 Å². The normalized spacial score (nSPS) is 14.8. The van der Waals surface area contributed by atoms with Crippen molar-refractivity contribution in [2.45, 2.75) is 26.3 Å². The van der Waals surface area contributed by atoms with E-state index >= 15 is 0 Å². The Kier molecular flexibility index (Phi) is 2.93. The first kappa shape index (κ1) is 11.7. The zero-order valence-corrected chi connectivity index (χ0v) is 9.82. The minimum atomic E-state index is -0.927. The number of carboxylic acid groups (broad SMARTS) is 1. The van der Waals surface area contributed by atoms with Crippen molar-refractivity contribution in [2.24, 2.45) is 5.73 Å². The molecule has 1 heterocycles. The number of benzene rings is 1. The molecule has 0 bridgehead atoms. The van der Waals surface area contributed by atoms with E-state index in [2.05, 4.69) is 0 Å². The summed E-state index contributed by atoms with van der Waals surface area (Å²) < 4.78 is 10.8. The second-order valence-electron chi connectivity index (χ2n) is 4.18.